The molecule has 2 atom stereocenters. The van der Waals surface area contributed by atoms with Gasteiger partial charge in [-0.2, -0.15) is 0 Å². The minimum atomic E-state index is -0.798. The van der Waals surface area contributed by atoms with E-state index >= 15 is 0 Å². The van der Waals surface area contributed by atoms with Crippen LogP contribution in [-0.2, 0) is 4.79 Å². The van der Waals surface area contributed by atoms with Gasteiger partial charge in [0.2, 0.25) is 5.91 Å². The van der Waals surface area contributed by atoms with Gasteiger partial charge in [-0.1, -0.05) is 25.1 Å². The van der Waals surface area contributed by atoms with Crippen molar-refractivity contribution < 1.29 is 9.90 Å². The van der Waals surface area contributed by atoms with Crippen LogP contribution in [0.2, 0.25) is 0 Å². The number of carbonyl (C=O) groups is 1. The third kappa shape index (κ3) is 3.59. The van der Waals surface area contributed by atoms with Gasteiger partial charge in [-0.15, -0.1) is 0 Å². The molecule has 1 saturated carbocycles. The second-order valence-electron chi connectivity index (χ2n) is 6.35. The van der Waals surface area contributed by atoms with Crippen molar-refractivity contribution in [3.05, 3.63) is 59.4 Å². The zero-order valence-corrected chi connectivity index (χ0v) is 13.5. The average Bonchev–Trinajstić information content (AvgIpc) is 3.41. The third-order valence-electron chi connectivity index (χ3n) is 4.55. The first-order valence-electron chi connectivity index (χ1n) is 8.06. The van der Waals surface area contributed by atoms with Crippen LogP contribution in [0, 0.1) is 18.8 Å². The first-order chi connectivity index (χ1) is 11.1. The molecule has 0 spiro atoms. The zero-order valence-electron chi connectivity index (χ0n) is 13.5. The van der Waals surface area contributed by atoms with Crippen molar-refractivity contribution in [2.45, 2.75) is 32.8 Å². The Kier molecular flexibility index (Phi) is 4.44. The van der Waals surface area contributed by atoms with E-state index in [4.69, 9.17) is 0 Å². The molecule has 2 N–H and O–H groups in total. The van der Waals surface area contributed by atoms with Crippen LogP contribution in [0.4, 0.5) is 5.69 Å². The van der Waals surface area contributed by atoms with E-state index in [2.05, 4.69) is 10.3 Å². The van der Waals surface area contributed by atoms with Crippen molar-refractivity contribution in [3.8, 4) is 0 Å². The number of rotatable bonds is 5. The minimum absolute atomic E-state index is 0.0405. The van der Waals surface area contributed by atoms with E-state index in [1.54, 1.807) is 12.3 Å². The summed E-state index contributed by atoms with van der Waals surface area (Å²) in [6.07, 6.45) is 3.15. The van der Waals surface area contributed by atoms with Gasteiger partial charge in [0.05, 0.1) is 5.69 Å². The predicted octanol–water partition coefficient (Wildman–Crippen LogP) is 3.46. The van der Waals surface area contributed by atoms with Gasteiger partial charge in [0.1, 0.15) is 6.10 Å². The Morgan fingerprint density at radius 1 is 1.30 bits per heavy atom. The number of anilines is 1. The van der Waals surface area contributed by atoms with Gasteiger partial charge in [-0.25, -0.2) is 0 Å². The summed E-state index contributed by atoms with van der Waals surface area (Å²) < 4.78 is 0. The molecule has 4 heteroatoms. The second-order valence-corrected chi connectivity index (χ2v) is 6.35. The molecule has 1 amide bonds. The lowest BCUT2D eigenvalue weighted by atomic mass is 10.0. The van der Waals surface area contributed by atoms with Crippen molar-refractivity contribution >= 4 is 11.6 Å². The Morgan fingerprint density at radius 2 is 2.09 bits per heavy atom. The number of nitrogens with zero attached hydrogens (tertiary/aromatic N) is 1. The molecular formula is C19H22N2O2. The van der Waals surface area contributed by atoms with Crippen LogP contribution in [0.5, 0.6) is 0 Å². The highest BCUT2D eigenvalue weighted by atomic mass is 16.3. The van der Waals surface area contributed by atoms with E-state index in [0.29, 0.717) is 11.6 Å². The van der Waals surface area contributed by atoms with Crippen molar-refractivity contribution in [2.24, 2.45) is 11.8 Å². The maximum Gasteiger partial charge on any atom is 0.227 e. The Bertz CT molecular complexity index is 696. The van der Waals surface area contributed by atoms with Gasteiger partial charge in [0.25, 0.3) is 0 Å². The smallest absolute Gasteiger partial charge is 0.227 e. The Morgan fingerprint density at radius 3 is 2.74 bits per heavy atom. The van der Waals surface area contributed by atoms with Crippen molar-refractivity contribution in [3.63, 3.8) is 0 Å². The van der Waals surface area contributed by atoms with E-state index in [1.165, 1.54) is 0 Å². The van der Waals surface area contributed by atoms with Crippen molar-refractivity contribution in [1.82, 2.24) is 4.98 Å². The zero-order chi connectivity index (χ0) is 16.4. The molecule has 1 aromatic carbocycles. The molecule has 0 aliphatic heterocycles. The fourth-order valence-electron chi connectivity index (χ4n) is 2.71. The lowest BCUT2D eigenvalue weighted by Gasteiger charge is -2.16. The topological polar surface area (TPSA) is 62.2 Å². The average molecular weight is 310 g/mol. The summed E-state index contributed by atoms with van der Waals surface area (Å²) in [7, 11) is 0. The molecule has 0 unspecified atom stereocenters. The first-order valence-corrected chi connectivity index (χ1v) is 8.06. The van der Waals surface area contributed by atoms with E-state index in [9.17, 15) is 9.90 Å². The highest BCUT2D eigenvalue weighted by molar-refractivity contribution is 5.93. The first kappa shape index (κ1) is 15.7. The molecule has 1 aromatic heterocycles. The Balaban J connectivity index is 1.80. The fourth-order valence-corrected chi connectivity index (χ4v) is 2.71. The normalized spacial score (nSPS) is 16.7. The molecule has 0 bridgehead atoms. The number of carbonyl (C=O) groups excluding carboxylic acids is 1. The molecule has 2 aromatic rings. The molecule has 23 heavy (non-hydrogen) atoms. The molecule has 1 aliphatic rings. The standard InChI is InChI=1S/C19H22N2O2/c1-12-6-7-15(18(22)16-5-3-4-10-20-16)11-17(12)21-19(23)13(2)14-8-9-14/h3-7,10-11,13-14,18,22H,8-9H2,1-2H3,(H,21,23)/t13-,18-/m0/s1. The number of aryl methyl sites for hydroxylation is 1. The van der Waals surface area contributed by atoms with Crippen LogP contribution in [0.1, 0.15) is 42.7 Å². The van der Waals surface area contributed by atoms with Crippen LogP contribution in [0.25, 0.3) is 0 Å². The number of pyridine rings is 1. The maximum atomic E-state index is 12.3. The largest absolute Gasteiger partial charge is 0.382 e. The number of aliphatic hydroxyl groups is 1. The molecule has 120 valence electrons. The van der Waals surface area contributed by atoms with Crippen LogP contribution in [0.3, 0.4) is 0 Å². The van der Waals surface area contributed by atoms with Crippen LogP contribution in [0.15, 0.2) is 42.6 Å². The molecule has 1 fully saturated rings. The van der Waals surface area contributed by atoms with E-state index in [1.807, 2.05) is 44.2 Å². The SMILES string of the molecule is Cc1ccc([C@H](O)c2ccccn2)cc1NC(=O)[C@@H](C)C1CC1. The lowest BCUT2D eigenvalue weighted by molar-refractivity contribution is -0.119. The number of hydrogen-bond donors (Lipinski definition) is 2. The van der Waals surface area contributed by atoms with Gasteiger partial charge in [0, 0.05) is 17.8 Å². The van der Waals surface area contributed by atoms with Gasteiger partial charge < -0.3 is 10.4 Å². The molecule has 1 heterocycles. The third-order valence-corrected chi connectivity index (χ3v) is 4.55. The van der Waals surface area contributed by atoms with Crippen molar-refractivity contribution in [1.29, 1.82) is 0 Å². The number of nitrogens with one attached hydrogen (secondary N) is 1. The summed E-state index contributed by atoms with van der Waals surface area (Å²) in [5, 5.41) is 13.5. The van der Waals surface area contributed by atoms with Gasteiger partial charge >= 0.3 is 0 Å². The molecule has 0 radical (unpaired) electrons. The summed E-state index contributed by atoms with van der Waals surface area (Å²) >= 11 is 0. The van der Waals surface area contributed by atoms with Gasteiger partial charge in [0.15, 0.2) is 0 Å². The monoisotopic (exact) mass is 310 g/mol. The molecule has 3 rings (SSSR count). The highest BCUT2D eigenvalue weighted by Gasteiger charge is 2.32. The van der Waals surface area contributed by atoms with E-state index in [0.717, 1.165) is 29.7 Å². The minimum Gasteiger partial charge on any atom is -0.382 e. The number of benzene rings is 1. The quantitative estimate of drug-likeness (QED) is 0.889. The summed E-state index contributed by atoms with van der Waals surface area (Å²) in [5.41, 5.74) is 3.07. The van der Waals surface area contributed by atoms with Crippen LogP contribution >= 0.6 is 0 Å². The molecular weight excluding hydrogens is 288 g/mol. The van der Waals surface area contributed by atoms with E-state index in [-0.39, 0.29) is 11.8 Å². The van der Waals surface area contributed by atoms with E-state index < -0.39 is 6.10 Å². The van der Waals surface area contributed by atoms with Crippen LogP contribution in [-0.4, -0.2) is 16.0 Å². The number of aromatic nitrogens is 1. The molecule has 0 saturated heterocycles. The second kappa shape index (κ2) is 6.50. The Hall–Kier alpha value is -2.20. The summed E-state index contributed by atoms with van der Waals surface area (Å²) in [6.45, 7) is 3.93. The summed E-state index contributed by atoms with van der Waals surface area (Å²) in [4.78, 5) is 16.5. The summed E-state index contributed by atoms with van der Waals surface area (Å²) in [5.74, 6) is 0.622. The van der Waals surface area contributed by atoms with Crippen molar-refractivity contribution in [2.75, 3.05) is 5.32 Å². The number of amides is 1. The summed E-state index contributed by atoms with van der Waals surface area (Å²) in [6, 6.07) is 11.1. The molecule has 4 nitrogen and oxygen atoms in total. The lowest BCUT2D eigenvalue weighted by Crippen LogP contribution is -2.22. The highest BCUT2D eigenvalue weighted by Crippen LogP contribution is 2.37. The number of aliphatic hydroxyl groups excluding tert-OH is 1. The Labute approximate surface area is 136 Å². The van der Waals surface area contributed by atoms with Gasteiger partial charge in [-0.3, -0.25) is 9.78 Å². The molecule has 1 aliphatic carbocycles. The predicted molar refractivity (Wildman–Crippen MR) is 90.0 cm³/mol. The van der Waals surface area contributed by atoms with Crippen LogP contribution < -0.4 is 5.32 Å². The van der Waals surface area contributed by atoms with Gasteiger partial charge in [-0.05, 0) is 55.0 Å². The number of hydrogen-bond acceptors (Lipinski definition) is 3. The fraction of sp³-hybridized carbons (Fsp3) is 0.368. The maximum absolute atomic E-state index is 12.3.